The average molecular weight is 308 g/mol. The Morgan fingerprint density at radius 3 is 2.76 bits per heavy atom. The number of imidazole rings is 1. The molecule has 2 aromatic rings. The molecule has 1 aliphatic heterocycles. The molecule has 3 heterocycles. The van der Waals surface area contributed by atoms with Gasteiger partial charge in [0.1, 0.15) is 5.52 Å². The quantitative estimate of drug-likeness (QED) is 0.760. The Kier molecular flexibility index (Phi) is 5.51. The van der Waals surface area contributed by atoms with Gasteiger partial charge in [-0.15, -0.1) is 0 Å². The fraction of sp³-hybridized carbons (Fsp3) is 0.500. The highest BCUT2D eigenvalue weighted by Gasteiger charge is 2.24. The molecule has 0 saturated carbocycles. The summed E-state index contributed by atoms with van der Waals surface area (Å²) >= 11 is 0. The second-order valence-corrected chi connectivity index (χ2v) is 4.85. The van der Waals surface area contributed by atoms with Gasteiger partial charge in [-0.25, -0.2) is 9.78 Å². The molecule has 21 heavy (non-hydrogen) atoms. The Bertz CT molecular complexity index is 593. The smallest absolute Gasteiger partial charge is 0.411 e. The molecule has 0 bridgehead atoms. The number of amides is 1. The van der Waals surface area contributed by atoms with Crippen molar-refractivity contribution in [2.75, 3.05) is 13.1 Å². The predicted octanol–water partition coefficient (Wildman–Crippen LogP) is 3.02. The van der Waals surface area contributed by atoms with Crippen molar-refractivity contribution < 1.29 is 9.32 Å². The van der Waals surface area contributed by atoms with Gasteiger partial charge in [0.25, 0.3) is 0 Å². The van der Waals surface area contributed by atoms with E-state index >= 15 is 0 Å². The van der Waals surface area contributed by atoms with Crippen LogP contribution in [0.5, 0.6) is 0 Å². The van der Waals surface area contributed by atoms with Crippen LogP contribution in [0.25, 0.3) is 11.0 Å². The minimum atomic E-state index is -0.275. The number of piperidine rings is 1. The summed E-state index contributed by atoms with van der Waals surface area (Å²) in [5.74, 6) is 0. The molecule has 1 unspecified atom stereocenters. The summed E-state index contributed by atoms with van der Waals surface area (Å²) in [4.78, 5) is 21.6. The van der Waals surface area contributed by atoms with Crippen molar-refractivity contribution in [1.29, 1.82) is 0 Å². The van der Waals surface area contributed by atoms with E-state index in [1.807, 2.05) is 35.7 Å². The highest BCUT2D eigenvalue weighted by molar-refractivity contribution is 7.10. The lowest BCUT2D eigenvalue weighted by Gasteiger charge is -2.31. The molecular weight excluding hydrogens is 287 g/mol. The number of likely N-dealkylation sites (tertiary alicyclic amines) is 1. The van der Waals surface area contributed by atoms with Gasteiger partial charge in [0, 0.05) is 25.3 Å². The highest BCUT2D eigenvalue weighted by Crippen LogP contribution is 2.26. The van der Waals surface area contributed by atoms with Crippen LogP contribution in [0.4, 0.5) is 4.79 Å². The van der Waals surface area contributed by atoms with Crippen LogP contribution in [0, 0.1) is 0 Å². The first kappa shape index (κ1) is 15.7. The first-order valence-corrected chi connectivity index (χ1v) is 7.69. The van der Waals surface area contributed by atoms with Gasteiger partial charge in [-0.2, -0.15) is 0 Å². The van der Waals surface area contributed by atoms with Crippen LogP contribution in [0.2, 0.25) is 0 Å². The fourth-order valence-electron chi connectivity index (χ4n) is 2.58. The minimum absolute atomic E-state index is 0.275. The number of hydrogen-bond donors (Lipinski definition) is 0. The molecule has 1 fully saturated rings. The molecule has 2 aromatic heterocycles. The molecular formula is C14H21N4O2P. The highest BCUT2D eigenvalue weighted by atomic mass is 31.0. The van der Waals surface area contributed by atoms with Crippen LogP contribution in [-0.4, -0.2) is 38.6 Å². The van der Waals surface area contributed by atoms with Crippen LogP contribution < -0.4 is 0 Å². The Labute approximate surface area is 126 Å². The summed E-state index contributed by atoms with van der Waals surface area (Å²) in [6.45, 7) is 5.42. The molecule has 7 heteroatoms. The Hall–Kier alpha value is -1.68. The molecule has 1 saturated heterocycles. The third-order valence-electron chi connectivity index (χ3n) is 3.59. The number of hydrogen-bond acceptors (Lipinski definition) is 4. The summed E-state index contributed by atoms with van der Waals surface area (Å²) in [5.41, 5.74) is 2.01. The van der Waals surface area contributed by atoms with E-state index < -0.39 is 0 Å². The predicted molar refractivity (Wildman–Crippen MR) is 84.9 cm³/mol. The summed E-state index contributed by atoms with van der Waals surface area (Å²) in [6.07, 6.45) is 6.96. The van der Waals surface area contributed by atoms with E-state index in [4.69, 9.17) is 0 Å². The van der Waals surface area contributed by atoms with Crippen molar-refractivity contribution >= 4 is 26.6 Å². The van der Waals surface area contributed by atoms with E-state index in [2.05, 4.69) is 19.1 Å². The molecule has 114 valence electrons. The van der Waals surface area contributed by atoms with Gasteiger partial charge in [-0.1, -0.05) is 13.8 Å². The van der Waals surface area contributed by atoms with E-state index in [9.17, 15) is 4.79 Å². The SMILES string of the molecule is CC.O=C(OP)N1CCC(n2cnc3cnccc32)CC1. The van der Waals surface area contributed by atoms with Gasteiger partial charge >= 0.3 is 6.09 Å². The Morgan fingerprint density at radius 1 is 1.38 bits per heavy atom. The molecule has 1 atom stereocenters. The topological polar surface area (TPSA) is 60.2 Å². The van der Waals surface area contributed by atoms with Gasteiger partial charge in [-0.3, -0.25) is 4.98 Å². The van der Waals surface area contributed by atoms with E-state index in [0.717, 1.165) is 23.9 Å². The van der Waals surface area contributed by atoms with Crippen molar-refractivity contribution in [3.63, 3.8) is 0 Å². The fourth-order valence-corrected chi connectivity index (χ4v) is 2.72. The number of carbonyl (C=O) groups excluding carboxylic acids is 1. The second kappa shape index (κ2) is 7.36. The maximum absolute atomic E-state index is 11.4. The van der Waals surface area contributed by atoms with Crippen LogP contribution in [0.3, 0.4) is 0 Å². The van der Waals surface area contributed by atoms with Gasteiger partial charge in [0.2, 0.25) is 0 Å². The molecule has 0 aromatic carbocycles. The molecule has 0 spiro atoms. The standard InChI is InChI=1S/C12H15N4O2P.C2H6/c17-12(18-19)15-5-2-9(3-6-15)16-8-14-10-7-13-4-1-11(10)16;1-2/h1,4,7-9H,2-3,5-6,19H2;1-2H3. The lowest BCUT2D eigenvalue weighted by molar-refractivity contribution is 0.138. The van der Waals surface area contributed by atoms with E-state index in [0.29, 0.717) is 19.1 Å². The molecule has 0 radical (unpaired) electrons. The third kappa shape index (κ3) is 3.32. The first-order valence-electron chi connectivity index (χ1n) is 7.22. The number of aromatic nitrogens is 3. The van der Waals surface area contributed by atoms with Crippen molar-refractivity contribution in [3.8, 4) is 0 Å². The molecule has 0 aliphatic carbocycles. The molecule has 6 nitrogen and oxygen atoms in total. The molecule has 1 aliphatic rings. The summed E-state index contributed by atoms with van der Waals surface area (Å²) < 4.78 is 6.84. The van der Waals surface area contributed by atoms with Crippen LogP contribution in [0.15, 0.2) is 24.8 Å². The van der Waals surface area contributed by atoms with Crippen molar-refractivity contribution in [2.45, 2.75) is 32.7 Å². The summed E-state index contributed by atoms with van der Waals surface area (Å²) in [7, 11) is 2.00. The molecule has 3 rings (SSSR count). The van der Waals surface area contributed by atoms with E-state index in [-0.39, 0.29) is 6.09 Å². The second-order valence-electron chi connectivity index (χ2n) is 4.62. The number of rotatable bonds is 1. The lowest BCUT2D eigenvalue weighted by atomic mass is 10.1. The van der Waals surface area contributed by atoms with Crippen LogP contribution >= 0.6 is 9.47 Å². The average Bonchev–Trinajstić information content (AvgIpc) is 3.00. The van der Waals surface area contributed by atoms with Gasteiger partial charge in [0.05, 0.1) is 27.5 Å². The minimum Gasteiger partial charge on any atom is -0.435 e. The molecule has 0 N–H and O–H groups in total. The van der Waals surface area contributed by atoms with Crippen LogP contribution in [-0.2, 0) is 4.52 Å². The normalized spacial score (nSPS) is 15.5. The monoisotopic (exact) mass is 308 g/mol. The van der Waals surface area contributed by atoms with Gasteiger partial charge < -0.3 is 14.0 Å². The lowest BCUT2D eigenvalue weighted by Crippen LogP contribution is -2.38. The summed E-state index contributed by atoms with van der Waals surface area (Å²) in [5, 5.41) is 0. The zero-order valence-electron chi connectivity index (χ0n) is 12.4. The Morgan fingerprint density at radius 2 is 2.10 bits per heavy atom. The Balaban J connectivity index is 0.000000774. The first-order chi connectivity index (χ1) is 10.3. The van der Waals surface area contributed by atoms with E-state index in [1.165, 1.54) is 0 Å². The zero-order chi connectivity index (χ0) is 15.2. The van der Waals surface area contributed by atoms with Crippen molar-refractivity contribution in [2.24, 2.45) is 0 Å². The number of carbonyl (C=O) groups is 1. The van der Waals surface area contributed by atoms with E-state index in [1.54, 1.807) is 17.3 Å². The summed E-state index contributed by atoms with van der Waals surface area (Å²) in [6, 6.07) is 2.35. The van der Waals surface area contributed by atoms with Crippen LogP contribution in [0.1, 0.15) is 32.7 Å². The number of nitrogens with zero attached hydrogens (tertiary/aromatic N) is 4. The number of fused-ring (bicyclic) bond motifs is 1. The van der Waals surface area contributed by atoms with Gasteiger partial charge in [0.15, 0.2) is 0 Å². The number of pyridine rings is 1. The van der Waals surface area contributed by atoms with Gasteiger partial charge in [-0.05, 0) is 18.9 Å². The molecule has 1 amide bonds. The van der Waals surface area contributed by atoms with Crippen molar-refractivity contribution in [3.05, 3.63) is 24.8 Å². The maximum Gasteiger partial charge on any atom is 0.411 e. The van der Waals surface area contributed by atoms with Crippen molar-refractivity contribution in [1.82, 2.24) is 19.4 Å². The zero-order valence-corrected chi connectivity index (χ0v) is 13.6. The largest absolute Gasteiger partial charge is 0.435 e. The third-order valence-corrected chi connectivity index (χ3v) is 3.80. The maximum atomic E-state index is 11.4.